The molecule has 5 heteroatoms. The predicted molar refractivity (Wildman–Crippen MR) is 86.0 cm³/mol. The van der Waals surface area contributed by atoms with Gasteiger partial charge in [-0.2, -0.15) is 0 Å². The van der Waals surface area contributed by atoms with Gasteiger partial charge in [0.25, 0.3) is 0 Å². The van der Waals surface area contributed by atoms with E-state index in [4.69, 9.17) is 0 Å². The second kappa shape index (κ2) is 5.60. The number of carbonyl (C=O) groups is 1. The van der Waals surface area contributed by atoms with Crippen molar-refractivity contribution in [1.82, 2.24) is 14.4 Å². The highest BCUT2D eigenvalue weighted by Gasteiger charge is 2.14. The second-order valence-corrected chi connectivity index (χ2v) is 5.47. The van der Waals surface area contributed by atoms with Gasteiger partial charge in [-0.15, -0.1) is 0 Å². The first-order valence-electron chi connectivity index (χ1n) is 7.20. The molecule has 0 saturated carbocycles. The Hall–Kier alpha value is -2.69. The number of nitrogens with zero attached hydrogens (tertiary/aromatic N) is 3. The van der Waals surface area contributed by atoms with Gasteiger partial charge >= 0.3 is 0 Å². The van der Waals surface area contributed by atoms with Crippen LogP contribution in [0.3, 0.4) is 0 Å². The summed E-state index contributed by atoms with van der Waals surface area (Å²) in [5, 5.41) is 2.84. The molecule has 0 bridgehead atoms. The summed E-state index contributed by atoms with van der Waals surface area (Å²) in [5.74, 6) is 0.483. The number of hydrogen-bond donors (Lipinski definition) is 1. The summed E-state index contributed by atoms with van der Waals surface area (Å²) in [4.78, 5) is 21.0. The van der Waals surface area contributed by atoms with E-state index in [1.54, 1.807) is 6.20 Å². The number of carbonyl (C=O) groups excluding carboxylic acids is 1. The SMILES string of the molecule is Cc1ccnc(NC(=O)Cc2c(C)nc3c(C)cccn23)c1. The van der Waals surface area contributed by atoms with E-state index in [2.05, 4.69) is 15.3 Å². The van der Waals surface area contributed by atoms with E-state index in [-0.39, 0.29) is 12.3 Å². The van der Waals surface area contributed by atoms with Crippen molar-refractivity contribution in [2.45, 2.75) is 27.2 Å². The fourth-order valence-corrected chi connectivity index (χ4v) is 2.52. The van der Waals surface area contributed by atoms with Crippen molar-refractivity contribution < 1.29 is 4.79 Å². The molecule has 0 saturated heterocycles. The maximum absolute atomic E-state index is 12.3. The van der Waals surface area contributed by atoms with Gasteiger partial charge in [0.15, 0.2) is 0 Å². The number of hydrogen-bond acceptors (Lipinski definition) is 3. The van der Waals surface area contributed by atoms with Gasteiger partial charge in [0, 0.05) is 12.4 Å². The Morgan fingerprint density at radius 3 is 2.86 bits per heavy atom. The minimum atomic E-state index is -0.0930. The highest BCUT2D eigenvalue weighted by Crippen LogP contribution is 2.16. The number of fused-ring (bicyclic) bond motifs is 1. The zero-order valence-electron chi connectivity index (χ0n) is 12.9. The Kier molecular flexibility index (Phi) is 3.63. The molecule has 3 aromatic heterocycles. The molecule has 3 heterocycles. The van der Waals surface area contributed by atoms with Gasteiger partial charge in [0.05, 0.1) is 17.8 Å². The van der Waals surface area contributed by atoms with Gasteiger partial charge < -0.3 is 9.72 Å². The van der Waals surface area contributed by atoms with E-state index < -0.39 is 0 Å². The molecule has 1 amide bonds. The number of anilines is 1. The normalized spacial score (nSPS) is 10.9. The molecule has 5 nitrogen and oxygen atoms in total. The first-order valence-corrected chi connectivity index (χ1v) is 7.20. The van der Waals surface area contributed by atoms with Crippen LogP contribution in [0.1, 0.15) is 22.5 Å². The monoisotopic (exact) mass is 294 g/mol. The summed E-state index contributed by atoms with van der Waals surface area (Å²) >= 11 is 0. The largest absolute Gasteiger partial charge is 0.310 e. The molecule has 0 atom stereocenters. The lowest BCUT2D eigenvalue weighted by molar-refractivity contribution is -0.115. The van der Waals surface area contributed by atoms with Gasteiger partial charge in [0.2, 0.25) is 5.91 Å². The molecule has 0 aliphatic rings. The van der Waals surface area contributed by atoms with Crippen molar-refractivity contribution in [3.8, 4) is 0 Å². The number of rotatable bonds is 3. The van der Waals surface area contributed by atoms with Crippen molar-refractivity contribution in [3.63, 3.8) is 0 Å². The average Bonchev–Trinajstić information content (AvgIpc) is 2.77. The number of nitrogens with one attached hydrogen (secondary N) is 1. The quantitative estimate of drug-likeness (QED) is 0.808. The fraction of sp³-hybridized carbons (Fsp3) is 0.235. The van der Waals surface area contributed by atoms with E-state index in [0.717, 1.165) is 28.2 Å². The standard InChI is InChI=1S/C17H18N4O/c1-11-6-7-18-15(9-11)20-16(22)10-14-13(3)19-17-12(2)5-4-8-21(14)17/h4-9H,10H2,1-3H3,(H,18,20,22). The van der Waals surface area contributed by atoms with Crippen LogP contribution in [0.5, 0.6) is 0 Å². The summed E-state index contributed by atoms with van der Waals surface area (Å²) in [7, 11) is 0. The third-order valence-electron chi connectivity index (χ3n) is 3.66. The molecule has 0 fully saturated rings. The molecule has 0 spiro atoms. The Bertz CT molecular complexity index is 851. The van der Waals surface area contributed by atoms with Crippen molar-refractivity contribution in [1.29, 1.82) is 0 Å². The lowest BCUT2D eigenvalue weighted by Crippen LogP contribution is -2.17. The molecular weight excluding hydrogens is 276 g/mol. The van der Waals surface area contributed by atoms with Gasteiger partial charge in [-0.05, 0) is 50.1 Å². The second-order valence-electron chi connectivity index (χ2n) is 5.47. The molecule has 0 aliphatic heterocycles. The van der Waals surface area contributed by atoms with Gasteiger partial charge in [-0.25, -0.2) is 9.97 Å². The van der Waals surface area contributed by atoms with Crippen molar-refractivity contribution in [2.75, 3.05) is 5.32 Å². The van der Waals surface area contributed by atoms with Crippen LogP contribution in [-0.2, 0) is 11.2 Å². The smallest absolute Gasteiger partial charge is 0.231 e. The van der Waals surface area contributed by atoms with Crippen LogP contribution >= 0.6 is 0 Å². The maximum atomic E-state index is 12.3. The van der Waals surface area contributed by atoms with Gasteiger partial charge in [-0.3, -0.25) is 4.79 Å². The van der Waals surface area contributed by atoms with Crippen LogP contribution in [0.2, 0.25) is 0 Å². The first kappa shape index (κ1) is 14.3. The van der Waals surface area contributed by atoms with Crippen LogP contribution in [0.4, 0.5) is 5.82 Å². The number of imidazole rings is 1. The van der Waals surface area contributed by atoms with E-state index in [0.29, 0.717) is 5.82 Å². The van der Waals surface area contributed by atoms with Gasteiger partial charge in [-0.1, -0.05) is 6.07 Å². The van der Waals surface area contributed by atoms with Crippen LogP contribution in [-0.4, -0.2) is 20.3 Å². The van der Waals surface area contributed by atoms with Crippen molar-refractivity contribution in [2.24, 2.45) is 0 Å². The summed E-state index contributed by atoms with van der Waals surface area (Å²) in [6.45, 7) is 5.91. The highest BCUT2D eigenvalue weighted by atomic mass is 16.1. The molecule has 112 valence electrons. The Morgan fingerprint density at radius 1 is 1.27 bits per heavy atom. The molecular formula is C17H18N4O. The Labute approximate surface area is 129 Å². The molecule has 3 rings (SSSR count). The van der Waals surface area contributed by atoms with Crippen LogP contribution < -0.4 is 5.32 Å². The van der Waals surface area contributed by atoms with Crippen LogP contribution in [0, 0.1) is 20.8 Å². The number of aryl methyl sites for hydroxylation is 3. The highest BCUT2D eigenvalue weighted by molar-refractivity contribution is 5.91. The number of aromatic nitrogens is 3. The number of amides is 1. The Balaban J connectivity index is 1.85. The zero-order chi connectivity index (χ0) is 15.7. The molecule has 0 unspecified atom stereocenters. The third kappa shape index (κ3) is 2.70. The zero-order valence-corrected chi connectivity index (χ0v) is 12.9. The molecule has 3 aromatic rings. The average molecular weight is 294 g/mol. The summed E-state index contributed by atoms with van der Waals surface area (Å²) in [5.41, 5.74) is 4.84. The van der Waals surface area contributed by atoms with Crippen LogP contribution in [0.15, 0.2) is 36.7 Å². The topological polar surface area (TPSA) is 59.3 Å². The van der Waals surface area contributed by atoms with Crippen LogP contribution in [0.25, 0.3) is 5.65 Å². The van der Waals surface area contributed by atoms with E-state index in [1.165, 1.54) is 0 Å². The van der Waals surface area contributed by atoms with E-state index in [9.17, 15) is 4.79 Å². The van der Waals surface area contributed by atoms with E-state index >= 15 is 0 Å². The molecule has 0 aromatic carbocycles. The van der Waals surface area contributed by atoms with Crippen molar-refractivity contribution in [3.05, 3.63) is 59.2 Å². The number of pyridine rings is 2. The minimum Gasteiger partial charge on any atom is -0.310 e. The summed E-state index contributed by atoms with van der Waals surface area (Å²) in [6, 6.07) is 7.73. The summed E-state index contributed by atoms with van der Waals surface area (Å²) in [6.07, 6.45) is 3.90. The predicted octanol–water partition coefficient (Wildman–Crippen LogP) is 2.84. The molecule has 22 heavy (non-hydrogen) atoms. The van der Waals surface area contributed by atoms with Crippen molar-refractivity contribution >= 4 is 17.4 Å². The molecule has 1 N–H and O–H groups in total. The molecule has 0 radical (unpaired) electrons. The molecule has 0 aliphatic carbocycles. The third-order valence-corrected chi connectivity index (χ3v) is 3.66. The lowest BCUT2D eigenvalue weighted by Gasteiger charge is -2.06. The first-order chi connectivity index (χ1) is 10.5. The Morgan fingerprint density at radius 2 is 2.09 bits per heavy atom. The van der Waals surface area contributed by atoms with E-state index in [1.807, 2.05) is 55.6 Å². The lowest BCUT2D eigenvalue weighted by atomic mass is 10.2. The summed E-state index contributed by atoms with van der Waals surface area (Å²) < 4.78 is 1.98. The maximum Gasteiger partial charge on any atom is 0.231 e. The van der Waals surface area contributed by atoms with Gasteiger partial charge in [0.1, 0.15) is 11.5 Å². The fourth-order valence-electron chi connectivity index (χ4n) is 2.52. The minimum absolute atomic E-state index is 0.0930.